The molecule has 10 nitrogen and oxygen atoms in total. The lowest BCUT2D eigenvalue weighted by atomic mass is 10.2. The molecular formula is C17H24N4O6. The molecule has 1 aromatic carbocycles. The molecule has 2 aromatic rings. The van der Waals surface area contributed by atoms with Crippen LogP contribution >= 0.6 is 0 Å². The van der Waals surface area contributed by atoms with E-state index in [-0.39, 0.29) is 12.3 Å². The quantitative estimate of drug-likeness (QED) is 0.426. The Kier molecular flexibility index (Phi) is 8.27. The first kappa shape index (κ1) is 20.9. The Morgan fingerprint density at radius 3 is 2.85 bits per heavy atom. The first-order chi connectivity index (χ1) is 13.0. The van der Waals surface area contributed by atoms with Crippen LogP contribution in [0.15, 0.2) is 28.8 Å². The Morgan fingerprint density at radius 2 is 2.15 bits per heavy atom. The minimum absolute atomic E-state index is 0.0308. The van der Waals surface area contributed by atoms with Crippen LogP contribution in [0.1, 0.15) is 5.89 Å². The average molecular weight is 380 g/mol. The molecular weight excluding hydrogens is 356 g/mol. The van der Waals surface area contributed by atoms with E-state index in [1.807, 2.05) is 4.90 Å². The van der Waals surface area contributed by atoms with Crippen molar-refractivity contribution in [3.63, 3.8) is 0 Å². The van der Waals surface area contributed by atoms with E-state index in [1.54, 1.807) is 19.2 Å². The summed E-state index contributed by atoms with van der Waals surface area (Å²) in [7, 11) is 3.16. The highest BCUT2D eigenvalue weighted by Crippen LogP contribution is 2.21. The summed E-state index contributed by atoms with van der Waals surface area (Å²) in [6, 6.07) is 6.07. The third kappa shape index (κ3) is 6.68. The number of aromatic nitrogens is 2. The van der Waals surface area contributed by atoms with Crippen LogP contribution in [0.25, 0.3) is 11.4 Å². The van der Waals surface area contributed by atoms with Crippen molar-refractivity contribution < 1.29 is 24.0 Å². The van der Waals surface area contributed by atoms with Crippen molar-refractivity contribution in [2.75, 3.05) is 47.1 Å². The largest absolute Gasteiger partial charge is 0.389 e. The smallest absolute Gasteiger partial charge is 0.270 e. The zero-order chi connectivity index (χ0) is 19.6. The van der Waals surface area contributed by atoms with Gasteiger partial charge in [0.1, 0.15) is 0 Å². The number of nitrogens with zero attached hydrogens (tertiary/aromatic N) is 4. The highest BCUT2D eigenvalue weighted by atomic mass is 16.6. The SMILES string of the molecule is COCCN(CCc1nc(-c2cccc([N+](=O)[O-])c2)no1)CC(O)COC. The van der Waals surface area contributed by atoms with Crippen molar-refractivity contribution in [1.82, 2.24) is 15.0 Å². The Labute approximate surface area is 156 Å². The number of nitro groups is 1. The van der Waals surface area contributed by atoms with E-state index in [0.29, 0.717) is 49.9 Å². The second-order valence-electron chi connectivity index (χ2n) is 5.97. The fourth-order valence-corrected chi connectivity index (χ4v) is 2.54. The summed E-state index contributed by atoms with van der Waals surface area (Å²) in [6.07, 6.45) is -0.124. The van der Waals surface area contributed by atoms with Crippen molar-refractivity contribution >= 4 is 5.69 Å². The number of aliphatic hydroxyl groups is 1. The molecule has 0 fully saturated rings. The molecule has 148 valence electrons. The number of rotatable bonds is 12. The predicted octanol–water partition coefficient (Wildman–Crippen LogP) is 1.14. The number of benzene rings is 1. The highest BCUT2D eigenvalue weighted by Gasteiger charge is 2.15. The van der Waals surface area contributed by atoms with Crippen molar-refractivity contribution in [3.8, 4) is 11.4 Å². The van der Waals surface area contributed by atoms with E-state index in [0.717, 1.165) is 0 Å². The Morgan fingerprint density at radius 1 is 1.33 bits per heavy atom. The first-order valence-electron chi connectivity index (χ1n) is 8.49. The summed E-state index contributed by atoms with van der Waals surface area (Å²) in [5.41, 5.74) is 0.489. The number of nitro benzene ring substituents is 1. The van der Waals surface area contributed by atoms with Gasteiger partial charge in [0.25, 0.3) is 5.69 Å². The normalized spacial score (nSPS) is 12.4. The Hall–Kier alpha value is -2.40. The monoisotopic (exact) mass is 380 g/mol. The van der Waals surface area contributed by atoms with E-state index < -0.39 is 11.0 Å². The molecule has 0 radical (unpaired) electrons. The van der Waals surface area contributed by atoms with Crippen molar-refractivity contribution in [2.24, 2.45) is 0 Å². The number of non-ortho nitro benzene ring substituents is 1. The topological polar surface area (TPSA) is 124 Å². The van der Waals surface area contributed by atoms with Crippen LogP contribution < -0.4 is 0 Å². The lowest BCUT2D eigenvalue weighted by Crippen LogP contribution is -2.38. The second kappa shape index (κ2) is 10.7. The maximum atomic E-state index is 10.9. The molecule has 10 heteroatoms. The molecule has 2 rings (SSSR count). The van der Waals surface area contributed by atoms with Crippen LogP contribution in [0.3, 0.4) is 0 Å². The van der Waals surface area contributed by atoms with E-state index in [2.05, 4.69) is 10.1 Å². The number of hydrogen-bond acceptors (Lipinski definition) is 9. The highest BCUT2D eigenvalue weighted by molar-refractivity contribution is 5.58. The van der Waals surface area contributed by atoms with Gasteiger partial charge in [-0.25, -0.2) is 0 Å². The van der Waals surface area contributed by atoms with Crippen LogP contribution in [-0.2, 0) is 15.9 Å². The van der Waals surface area contributed by atoms with E-state index in [1.165, 1.54) is 19.2 Å². The van der Waals surface area contributed by atoms with Crippen LogP contribution in [0, 0.1) is 10.1 Å². The molecule has 0 aliphatic rings. The van der Waals surface area contributed by atoms with Gasteiger partial charge in [0.2, 0.25) is 11.7 Å². The summed E-state index contributed by atoms with van der Waals surface area (Å²) < 4.78 is 15.3. The van der Waals surface area contributed by atoms with Gasteiger partial charge < -0.3 is 19.1 Å². The van der Waals surface area contributed by atoms with Gasteiger partial charge in [-0.1, -0.05) is 17.3 Å². The van der Waals surface area contributed by atoms with Gasteiger partial charge >= 0.3 is 0 Å². The van der Waals surface area contributed by atoms with E-state index in [4.69, 9.17) is 14.0 Å². The van der Waals surface area contributed by atoms with Crippen molar-refractivity contribution in [1.29, 1.82) is 0 Å². The second-order valence-corrected chi connectivity index (χ2v) is 5.97. The van der Waals surface area contributed by atoms with E-state index in [9.17, 15) is 15.2 Å². The molecule has 27 heavy (non-hydrogen) atoms. The molecule has 0 aliphatic carbocycles. The number of aliphatic hydroxyl groups excluding tert-OH is 1. The maximum Gasteiger partial charge on any atom is 0.270 e. The molecule has 0 amide bonds. The minimum Gasteiger partial charge on any atom is -0.389 e. The van der Waals surface area contributed by atoms with Gasteiger partial charge in [0, 0.05) is 58.0 Å². The molecule has 0 aliphatic heterocycles. The molecule has 0 bridgehead atoms. The molecule has 0 saturated carbocycles. The Balaban J connectivity index is 1.98. The zero-order valence-electron chi connectivity index (χ0n) is 15.4. The van der Waals surface area contributed by atoms with Gasteiger partial charge in [-0.15, -0.1) is 0 Å². The van der Waals surface area contributed by atoms with Gasteiger partial charge in [-0.2, -0.15) is 4.98 Å². The lowest BCUT2D eigenvalue weighted by Gasteiger charge is -2.23. The van der Waals surface area contributed by atoms with Gasteiger partial charge in [-0.3, -0.25) is 15.0 Å². The summed E-state index contributed by atoms with van der Waals surface area (Å²) in [5, 5.41) is 24.7. The number of methoxy groups -OCH3 is 2. The standard InChI is InChI=1S/C17H24N4O6/c1-25-9-8-20(11-15(22)12-26-2)7-6-16-18-17(19-27-16)13-4-3-5-14(10-13)21(23)24/h3-5,10,15,22H,6-9,11-12H2,1-2H3. The first-order valence-corrected chi connectivity index (χ1v) is 8.49. The van der Waals surface area contributed by atoms with Gasteiger partial charge in [-0.05, 0) is 0 Å². The Bertz CT molecular complexity index is 723. The zero-order valence-corrected chi connectivity index (χ0v) is 15.4. The summed E-state index contributed by atoms with van der Waals surface area (Å²) in [4.78, 5) is 16.7. The molecule has 1 aromatic heterocycles. The lowest BCUT2D eigenvalue weighted by molar-refractivity contribution is -0.384. The molecule has 1 heterocycles. The maximum absolute atomic E-state index is 10.9. The molecule has 1 unspecified atom stereocenters. The van der Waals surface area contributed by atoms with Crippen LogP contribution in [0.4, 0.5) is 5.69 Å². The number of hydrogen-bond donors (Lipinski definition) is 1. The number of ether oxygens (including phenoxy) is 2. The molecule has 1 N–H and O–H groups in total. The van der Waals surface area contributed by atoms with Gasteiger partial charge in [0.05, 0.1) is 24.2 Å². The van der Waals surface area contributed by atoms with Crippen molar-refractivity contribution in [2.45, 2.75) is 12.5 Å². The van der Waals surface area contributed by atoms with Gasteiger partial charge in [0.15, 0.2) is 0 Å². The summed E-state index contributed by atoms with van der Waals surface area (Å²) in [6.45, 7) is 2.44. The predicted molar refractivity (Wildman–Crippen MR) is 96.3 cm³/mol. The third-order valence-corrected chi connectivity index (χ3v) is 3.86. The van der Waals surface area contributed by atoms with Crippen LogP contribution in [-0.4, -0.2) is 78.2 Å². The fourth-order valence-electron chi connectivity index (χ4n) is 2.54. The molecule has 0 spiro atoms. The van der Waals surface area contributed by atoms with E-state index >= 15 is 0 Å². The van der Waals surface area contributed by atoms with Crippen LogP contribution in [0.2, 0.25) is 0 Å². The molecule has 0 saturated heterocycles. The fraction of sp³-hybridized carbons (Fsp3) is 0.529. The van der Waals surface area contributed by atoms with Crippen molar-refractivity contribution in [3.05, 3.63) is 40.3 Å². The molecule has 1 atom stereocenters. The van der Waals surface area contributed by atoms with Crippen LogP contribution in [0.5, 0.6) is 0 Å². The third-order valence-electron chi connectivity index (χ3n) is 3.86. The minimum atomic E-state index is -0.602. The summed E-state index contributed by atoms with van der Waals surface area (Å²) in [5.74, 6) is 0.719. The summed E-state index contributed by atoms with van der Waals surface area (Å²) >= 11 is 0. The average Bonchev–Trinajstić information content (AvgIpc) is 3.13.